The van der Waals surface area contributed by atoms with E-state index in [0.29, 0.717) is 5.57 Å². The number of allylic oxidation sites excluding steroid dienone is 4. The summed E-state index contributed by atoms with van der Waals surface area (Å²) in [6, 6.07) is 0. The van der Waals surface area contributed by atoms with E-state index in [1.54, 1.807) is 0 Å². The molecule has 0 radical (unpaired) electrons. The highest BCUT2D eigenvalue weighted by Crippen LogP contribution is 2.44. The van der Waals surface area contributed by atoms with E-state index >= 15 is 0 Å². The minimum atomic E-state index is -0.119. The third kappa shape index (κ3) is 7.36. The smallest absolute Gasteiger partial charge is 0.188 e. The van der Waals surface area contributed by atoms with E-state index in [1.807, 2.05) is 13.8 Å². The predicted molar refractivity (Wildman–Crippen MR) is 133 cm³/mol. The fraction of sp³-hybridized carbons (Fsp3) is 0.759. The summed E-state index contributed by atoms with van der Waals surface area (Å²) in [5.41, 5.74) is 3.37. The number of ether oxygens (including phenoxy) is 1. The maximum atomic E-state index is 12.4. The van der Waals surface area contributed by atoms with E-state index in [1.165, 1.54) is 51.4 Å². The van der Waals surface area contributed by atoms with Crippen molar-refractivity contribution in [2.75, 3.05) is 0 Å². The van der Waals surface area contributed by atoms with Crippen LogP contribution in [0.5, 0.6) is 0 Å². The van der Waals surface area contributed by atoms with Gasteiger partial charge < -0.3 is 4.74 Å². The van der Waals surface area contributed by atoms with Crippen molar-refractivity contribution >= 4 is 5.78 Å². The highest BCUT2D eigenvalue weighted by Gasteiger charge is 2.38. The Balaban J connectivity index is 1.72. The van der Waals surface area contributed by atoms with Gasteiger partial charge in [0.15, 0.2) is 5.78 Å². The van der Waals surface area contributed by atoms with Crippen LogP contribution in [-0.2, 0) is 9.53 Å². The number of hydrogen-bond acceptors (Lipinski definition) is 2. The molecule has 1 aliphatic carbocycles. The van der Waals surface area contributed by atoms with Gasteiger partial charge in [0, 0.05) is 22.3 Å². The van der Waals surface area contributed by atoms with Crippen LogP contribution in [0.2, 0.25) is 0 Å². The van der Waals surface area contributed by atoms with Crippen molar-refractivity contribution in [1.82, 2.24) is 0 Å². The molecule has 1 saturated heterocycles. The summed E-state index contributed by atoms with van der Waals surface area (Å²) in [4.78, 5) is 12.4. The van der Waals surface area contributed by atoms with Crippen LogP contribution in [0.4, 0.5) is 0 Å². The first-order valence-corrected chi connectivity index (χ1v) is 12.9. The van der Waals surface area contributed by atoms with Crippen LogP contribution in [0, 0.1) is 17.8 Å². The first kappa shape index (κ1) is 25.9. The van der Waals surface area contributed by atoms with Crippen molar-refractivity contribution in [3.63, 3.8) is 0 Å². The van der Waals surface area contributed by atoms with Crippen LogP contribution in [0.3, 0.4) is 0 Å². The zero-order valence-corrected chi connectivity index (χ0v) is 21.5. The summed E-state index contributed by atoms with van der Waals surface area (Å²) >= 11 is 0. The lowest BCUT2D eigenvalue weighted by Gasteiger charge is -2.40. The summed E-state index contributed by atoms with van der Waals surface area (Å²) < 4.78 is 6.54. The number of fused-ring (bicyclic) bond motifs is 1. The average molecular weight is 429 g/mol. The van der Waals surface area contributed by atoms with Gasteiger partial charge >= 0.3 is 0 Å². The molecule has 0 aromatic carbocycles. The molecule has 1 heterocycles. The number of Topliss-reactive ketones (excluding diaryl/α,β-unsaturated/α-hetero) is 1. The van der Waals surface area contributed by atoms with Gasteiger partial charge in [-0.1, -0.05) is 79.2 Å². The standard InChI is InChI=1S/C29H48O2/c1-20(2)12-9-13-21(3)14-10-15-22(4)16-11-18-29(8)19-17-26-25(7)27(30)23(5)24(6)28(26)31-29/h20-22H,5,9-19H2,1-4,6-8H3. The van der Waals surface area contributed by atoms with Crippen LogP contribution in [-0.4, -0.2) is 11.4 Å². The molecule has 3 unspecified atom stereocenters. The molecule has 1 fully saturated rings. The van der Waals surface area contributed by atoms with Gasteiger partial charge in [-0.3, -0.25) is 4.79 Å². The molecule has 1 aliphatic heterocycles. The number of carbonyl (C=O) groups excluding carboxylic acids is 1. The zero-order chi connectivity index (χ0) is 23.2. The van der Waals surface area contributed by atoms with E-state index in [4.69, 9.17) is 4.74 Å². The third-order valence-electron chi connectivity index (χ3n) is 7.66. The molecule has 3 atom stereocenters. The maximum Gasteiger partial charge on any atom is 0.188 e. The van der Waals surface area contributed by atoms with Crippen molar-refractivity contribution in [2.45, 2.75) is 125 Å². The Labute approximate surface area is 192 Å². The Bertz CT molecular complexity index is 708. The minimum Gasteiger partial charge on any atom is -0.487 e. The van der Waals surface area contributed by atoms with Crippen molar-refractivity contribution in [2.24, 2.45) is 17.8 Å². The van der Waals surface area contributed by atoms with Gasteiger partial charge in [-0.2, -0.15) is 0 Å². The molecule has 31 heavy (non-hydrogen) atoms. The Morgan fingerprint density at radius 2 is 1.45 bits per heavy atom. The Morgan fingerprint density at radius 1 is 0.903 bits per heavy atom. The van der Waals surface area contributed by atoms with Gasteiger partial charge in [-0.25, -0.2) is 0 Å². The van der Waals surface area contributed by atoms with Gasteiger partial charge in [0.1, 0.15) is 11.4 Å². The van der Waals surface area contributed by atoms with E-state index in [0.717, 1.165) is 59.5 Å². The first-order valence-electron chi connectivity index (χ1n) is 12.9. The van der Waals surface area contributed by atoms with Crippen LogP contribution in [0.25, 0.3) is 0 Å². The van der Waals surface area contributed by atoms with Gasteiger partial charge in [-0.05, 0) is 64.2 Å². The summed E-state index contributed by atoms with van der Waals surface area (Å²) in [6.07, 6.45) is 13.8. The number of carbonyl (C=O) groups is 1. The van der Waals surface area contributed by atoms with Crippen molar-refractivity contribution in [3.05, 3.63) is 34.6 Å². The fourth-order valence-corrected chi connectivity index (χ4v) is 5.17. The quantitative estimate of drug-likeness (QED) is 0.290. The van der Waals surface area contributed by atoms with Crippen LogP contribution >= 0.6 is 0 Å². The Hall–Kier alpha value is -1.31. The second-order valence-electron chi connectivity index (χ2n) is 11.3. The molecule has 2 rings (SSSR count). The van der Waals surface area contributed by atoms with Crippen molar-refractivity contribution < 1.29 is 9.53 Å². The van der Waals surface area contributed by atoms with Gasteiger partial charge in [-0.15, -0.1) is 0 Å². The summed E-state index contributed by atoms with van der Waals surface area (Å²) in [6.45, 7) is 19.7. The highest BCUT2D eigenvalue weighted by molar-refractivity contribution is 6.12. The molecule has 0 bridgehead atoms. The largest absolute Gasteiger partial charge is 0.487 e. The molecule has 0 N–H and O–H groups in total. The second kappa shape index (κ2) is 11.5. The van der Waals surface area contributed by atoms with Crippen molar-refractivity contribution in [3.8, 4) is 0 Å². The summed E-state index contributed by atoms with van der Waals surface area (Å²) in [5, 5.41) is 0. The van der Waals surface area contributed by atoms with Crippen LogP contribution < -0.4 is 0 Å². The average Bonchev–Trinajstić information content (AvgIpc) is 2.70. The fourth-order valence-electron chi connectivity index (χ4n) is 5.17. The lowest BCUT2D eigenvalue weighted by atomic mass is 9.79. The molecule has 2 aliphatic rings. The molecule has 2 nitrogen and oxygen atoms in total. The SMILES string of the molecule is C=C1C(=O)C(C)=C2CCC(C)(CCCC(C)CCCC(C)CCCC(C)C)OC2=C1C. The molecule has 2 heteroatoms. The van der Waals surface area contributed by atoms with E-state index in [9.17, 15) is 4.79 Å². The highest BCUT2D eigenvalue weighted by atomic mass is 16.5. The topological polar surface area (TPSA) is 26.3 Å². The van der Waals surface area contributed by atoms with Gasteiger partial charge in [0.25, 0.3) is 0 Å². The lowest BCUT2D eigenvalue weighted by Crippen LogP contribution is -2.35. The second-order valence-corrected chi connectivity index (χ2v) is 11.3. The van der Waals surface area contributed by atoms with E-state index < -0.39 is 0 Å². The Morgan fingerprint density at radius 3 is 2.03 bits per heavy atom. The zero-order valence-electron chi connectivity index (χ0n) is 21.5. The maximum absolute atomic E-state index is 12.4. The van der Waals surface area contributed by atoms with Crippen LogP contribution in [0.1, 0.15) is 119 Å². The molecule has 0 aromatic rings. The predicted octanol–water partition coefficient (Wildman–Crippen LogP) is 8.72. The lowest BCUT2D eigenvalue weighted by molar-refractivity contribution is -0.112. The molecular weight excluding hydrogens is 380 g/mol. The summed E-state index contributed by atoms with van der Waals surface area (Å²) in [7, 11) is 0. The molecule has 176 valence electrons. The summed E-state index contributed by atoms with van der Waals surface area (Å²) in [5.74, 6) is 3.54. The molecule has 0 saturated carbocycles. The molecule has 0 aromatic heterocycles. The van der Waals surface area contributed by atoms with E-state index in [2.05, 4.69) is 41.2 Å². The van der Waals surface area contributed by atoms with E-state index in [-0.39, 0.29) is 11.4 Å². The number of rotatable bonds is 12. The third-order valence-corrected chi connectivity index (χ3v) is 7.66. The first-order chi connectivity index (χ1) is 14.5. The Kier molecular flexibility index (Phi) is 9.65. The molecule has 0 amide bonds. The molecular formula is C29H48O2. The number of hydrogen-bond donors (Lipinski definition) is 0. The molecule has 0 spiro atoms. The monoisotopic (exact) mass is 428 g/mol. The van der Waals surface area contributed by atoms with Gasteiger partial charge in [0.2, 0.25) is 0 Å². The number of ketones is 1. The van der Waals surface area contributed by atoms with Gasteiger partial charge in [0.05, 0.1) is 0 Å². The van der Waals surface area contributed by atoms with Crippen LogP contribution in [0.15, 0.2) is 34.6 Å². The minimum absolute atomic E-state index is 0.0894. The normalized spacial score (nSPS) is 23.9. The van der Waals surface area contributed by atoms with Crippen molar-refractivity contribution in [1.29, 1.82) is 0 Å².